The number of carbonyl (C=O) groups excluding carboxylic acids is 2. The Labute approximate surface area is 175 Å². The van der Waals surface area contributed by atoms with Crippen LogP contribution in [0.15, 0.2) is 51.8 Å². The van der Waals surface area contributed by atoms with Gasteiger partial charge in [-0.05, 0) is 42.5 Å². The summed E-state index contributed by atoms with van der Waals surface area (Å²) in [7, 11) is -1.57. The second-order valence-corrected chi connectivity index (χ2v) is 8.79. The van der Waals surface area contributed by atoms with Crippen LogP contribution >= 0.6 is 22.9 Å². The zero-order valence-electron chi connectivity index (χ0n) is 15.3. The topological polar surface area (TPSA) is 104 Å². The fourth-order valence-electron chi connectivity index (χ4n) is 2.50. The average Bonchev–Trinajstić information content (AvgIpc) is 3.03. The molecule has 1 heterocycles. The number of benzene rings is 2. The Kier molecular flexibility index (Phi) is 6.06. The van der Waals surface area contributed by atoms with Crippen LogP contribution < -0.4 is 4.80 Å². The standard InChI is InChI=1S/C18H15ClN2O6S2/c1-26-16(22)10-21-14-8-3-11(17(23)27-2)9-15(14)28-18(21)20-29(24,25)13-6-4-12(19)5-7-13/h3-9H,10H2,1-2H3/b20-18-. The number of thiazole rings is 1. The molecule has 0 aliphatic heterocycles. The van der Waals surface area contributed by atoms with E-state index in [2.05, 4.69) is 4.40 Å². The second-order valence-electron chi connectivity index (χ2n) is 5.74. The third-order valence-electron chi connectivity index (χ3n) is 3.93. The molecular formula is C18H15ClN2O6S2. The first kappa shape index (κ1) is 21.0. The molecule has 0 saturated carbocycles. The fourth-order valence-corrected chi connectivity index (χ4v) is 4.89. The number of methoxy groups -OCH3 is 2. The largest absolute Gasteiger partial charge is 0.468 e. The molecule has 0 N–H and O–H groups in total. The average molecular weight is 455 g/mol. The molecule has 0 radical (unpaired) electrons. The summed E-state index contributed by atoms with van der Waals surface area (Å²) in [6.45, 7) is -0.247. The highest BCUT2D eigenvalue weighted by atomic mass is 35.5. The quantitative estimate of drug-likeness (QED) is 0.549. The van der Waals surface area contributed by atoms with Crippen molar-refractivity contribution < 1.29 is 27.5 Å². The molecule has 0 bridgehead atoms. The van der Waals surface area contributed by atoms with Crippen molar-refractivity contribution in [2.24, 2.45) is 4.40 Å². The minimum atomic E-state index is -4.06. The van der Waals surface area contributed by atoms with Crippen LogP contribution in [0, 0.1) is 0 Å². The van der Waals surface area contributed by atoms with E-state index in [1.807, 2.05) is 0 Å². The number of aromatic nitrogens is 1. The maximum Gasteiger partial charge on any atom is 0.337 e. The number of nitrogens with zero attached hydrogens (tertiary/aromatic N) is 2. The van der Waals surface area contributed by atoms with E-state index in [0.717, 1.165) is 11.3 Å². The summed E-state index contributed by atoms with van der Waals surface area (Å²) in [6.07, 6.45) is 0. The molecule has 3 aromatic rings. The highest BCUT2D eigenvalue weighted by Gasteiger charge is 2.17. The van der Waals surface area contributed by atoms with Crippen LogP contribution in [0.4, 0.5) is 0 Å². The number of esters is 2. The Hall–Kier alpha value is -2.69. The summed E-state index contributed by atoms with van der Waals surface area (Å²) < 4.78 is 40.7. The lowest BCUT2D eigenvalue weighted by molar-refractivity contribution is -0.141. The lowest BCUT2D eigenvalue weighted by atomic mass is 10.2. The summed E-state index contributed by atoms with van der Waals surface area (Å²) in [5, 5.41) is 0.391. The van der Waals surface area contributed by atoms with Gasteiger partial charge < -0.3 is 14.0 Å². The summed E-state index contributed by atoms with van der Waals surface area (Å²) in [6, 6.07) is 10.2. The van der Waals surface area contributed by atoms with Crippen molar-refractivity contribution in [2.45, 2.75) is 11.4 Å². The van der Waals surface area contributed by atoms with Crippen LogP contribution in [0.5, 0.6) is 0 Å². The maximum absolute atomic E-state index is 12.7. The third-order valence-corrected chi connectivity index (χ3v) is 6.62. The van der Waals surface area contributed by atoms with Crippen molar-refractivity contribution in [2.75, 3.05) is 14.2 Å². The van der Waals surface area contributed by atoms with Crippen molar-refractivity contribution in [3.05, 3.63) is 57.9 Å². The van der Waals surface area contributed by atoms with Gasteiger partial charge in [0.05, 0.1) is 34.9 Å². The molecule has 0 atom stereocenters. The van der Waals surface area contributed by atoms with E-state index in [1.165, 1.54) is 49.1 Å². The number of hydrogen-bond donors (Lipinski definition) is 0. The highest BCUT2D eigenvalue weighted by molar-refractivity contribution is 7.90. The SMILES string of the molecule is COC(=O)Cn1/c(=N/S(=O)(=O)c2ccc(Cl)cc2)sc2cc(C(=O)OC)ccc21. The van der Waals surface area contributed by atoms with Gasteiger partial charge in [0.15, 0.2) is 0 Å². The van der Waals surface area contributed by atoms with E-state index in [4.69, 9.17) is 21.1 Å². The number of halogens is 1. The molecule has 152 valence electrons. The first-order valence-electron chi connectivity index (χ1n) is 8.10. The van der Waals surface area contributed by atoms with Crippen molar-refractivity contribution in [1.82, 2.24) is 4.57 Å². The normalized spacial score (nSPS) is 12.2. The molecule has 0 saturated heterocycles. The lowest BCUT2D eigenvalue weighted by Gasteiger charge is -2.05. The number of sulfonamides is 1. The smallest absolute Gasteiger partial charge is 0.337 e. The number of rotatable bonds is 5. The molecule has 0 unspecified atom stereocenters. The Bertz CT molecular complexity index is 1260. The van der Waals surface area contributed by atoms with E-state index in [0.29, 0.717) is 20.8 Å². The Morgan fingerprint density at radius 2 is 1.79 bits per heavy atom. The van der Waals surface area contributed by atoms with Crippen molar-refractivity contribution >= 4 is 55.1 Å². The first-order chi connectivity index (χ1) is 13.7. The van der Waals surface area contributed by atoms with Crippen LogP contribution in [0.25, 0.3) is 10.2 Å². The minimum Gasteiger partial charge on any atom is -0.468 e. The molecule has 0 aliphatic carbocycles. The Morgan fingerprint density at radius 3 is 2.41 bits per heavy atom. The van der Waals surface area contributed by atoms with Gasteiger partial charge in [0, 0.05) is 5.02 Å². The second kappa shape index (κ2) is 8.36. The molecule has 11 heteroatoms. The van der Waals surface area contributed by atoms with E-state index in [1.54, 1.807) is 12.1 Å². The molecule has 29 heavy (non-hydrogen) atoms. The third kappa shape index (κ3) is 4.50. The Morgan fingerprint density at radius 1 is 1.10 bits per heavy atom. The van der Waals surface area contributed by atoms with E-state index in [9.17, 15) is 18.0 Å². The van der Waals surface area contributed by atoms with E-state index >= 15 is 0 Å². The van der Waals surface area contributed by atoms with Crippen molar-refractivity contribution in [1.29, 1.82) is 0 Å². The monoisotopic (exact) mass is 454 g/mol. The van der Waals surface area contributed by atoms with Gasteiger partial charge in [-0.1, -0.05) is 22.9 Å². The predicted molar refractivity (Wildman–Crippen MR) is 107 cm³/mol. The minimum absolute atomic E-state index is 0.0424. The zero-order valence-corrected chi connectivity index (χ0v) is 17.7. The molecule has 0 aliphatic rings. The number of ether oxygens (including phenoxy) is 2. The van der Waals surface area contributed by atoms with Crippen molar-refractivity contribution in [3.63, 3.8) is 0 Å². The summed E-state index contributed by atoms with van der Waals surface area (Å²) in [5.41, 5.74) is 0.816. The summed E-state index contributed by atoms with van der Waals surface area (Å²) in [5.74, 6) is -1.11. The number of fused-ring (bicyclic) bond motifs is 1. The molecule has 8 nitrogen and oxygen atoms in total. The summed E-state index contributed by atoms with van der Waals surface area (Å²) >= 11 is 6.83. The zero-order chi connectivity index (χ0) is 21.2. The maximum atomic E-state index is 12.7. The predicted octanol–water partition coefficient (Wildman–Crippen LogP) is 2.61. The molecule has 2 aromatic carbocycles. The molecule has 0 amide bonds. The van der Waals surface area contributed by atoms with Gasteiger partial charge in [-0.15, -0.1) is 4.40 Å². The lowest BCUT2D eigenvalue weighted by Crippen LogP contribution is -2.22. The molecule has 3 rings (SSSR count). The van der Waals surface area contributed by atoms with Gasteiger partial charge in [0.1, 0.15) is 6.54 Å². The van der Waals surface area contributed by atoms with Gasteiger partial charge in [0.2, 0.25) is 4.80 Å². The van der Waals surface area contributed by atoms with Crippen LogP contribution in [0.3, 0.4) is 0 Å². The molecule has 0 fully saturated rings. The van der Waals surface area contributed by atoms with Crippen LogP contribution in [-0.4, -0.2) is 39.1 Å². The van der Waals surface area contributed by atoms with Gasteiger partial charge in [-0.25, -0.2) is 4.79 Å². The first-order valence-corrected chi connectivity index (χ1v) is 10.7. The summed E-state index contributed by atoms with van der Waals surface area (Å²) in [4.78, 5) is 23.7. The van der Waals surface area contributed by atoms with Crippen LogP contribution in [0.1, 0.15) is 10.4 Å². The van der Waals surface area contributed by atoms with Gasteiger partial charge in [-0.2, -0.15) is 8.42 Å². The van der Waals surface area contributed by atoms with Gasteiger partial charge in [0.25, 0.3) is 10.0 Å². The van der Waals surface area contributed by atoms with Crippen LogP contribution in [-0.2, 0) is 30.8 Å². The fraction of sp³-hybridized carbons (Fsp3) is 0.167. The van der Waals surface area contributed by atoms with Gasteiger partial charge >= 0.3 is 11.9 Å². The Balaban J connectivity index is 2.22. The number of carbonyl (C=O) groups is 2. The van der Waals surface area contributed by atoms with Crippen molar-refractivity contribution in [3.8, 4) is 0 Å². The molecule has 0 spiro atoms. The van der Waals surface area contributed by atoms with Gasteiger partial charge in [-0.3, -0.25) is 4.79 Å². The molecule has 1 aromatic heterocycles. The number of hydrogen-bond acceptors (Lipinski definition) is 7. The van der Waals surface area contributed by atoms with Crippen LogP contribution in [0.2, 0.25) is 5.02 Å². The van der Waals surface area contributed by atoms with E-state index < -0.39 is 22.0 Å². The highest BCUT2D eigenvalue weighted by Crippen LogP contribution is 2.21. The van der Waals surface area contributed by atoms with E-state index in [-0.39, 0.29) is 16.2 Å². The molecular weight excluding hydrogens is 440 g/mol.